The van der Waals surface area contributed by atoms with Crippen LogP contribution in [0.5, 0.6) is 0 Å². The Kier molecular flexibility index (Phi) is 4.94. The highest BCUT2D eigenvalue weighted by Crippen LogP contribution is 2.36. The van der Waals surface area contributed by atoms with Crippen LogP contribution in [0.2, 0.25) is 0 Å². The molecule has 25 heavy (non-hydrogen) atoms. The van der Waals surface area contributed by atoms with E-state index in [1.54, 1.807) is 42.6 Å². The molecule has 0 spiro atoms. The van der Waals surface area contributed by atoms with Crippen molar-refractivity contribution in [1.82, 2.24) is 9.55 Å². The number of hydrogen-bond acceptors (Lipinski definition) is 5. The minimum absolute atomic E-state index is 0.268. The van der Waals surface area contributed by atoms with Crippen LogP contribution in [-0.4, -0.2) is 25.2 Å². The molecule has 10 heteroatoms. The lowest BCUT2D eigenvalue weighted by Gasteiger charge is -2.07. The molecule has 1 aromatic carbocycles. The topological polar surface area (TPSA) is 114 Å². The summed E-state index contributed by atoms with van der Waals surface area (Å²) in [6.07, 6.45) is 1.55. The van der Waals surface area contributed by atoms with Gasteiger partial charge in [-0.25, -0.2) is 4.57 Å². The number of carbonyl (C=O) groups excluding carboxylic acids is 1. The van der Waals surface area contributed by atoms with Gasteiger partial charge in [-0.2, -0.15) is 4.99 Å². The van der Waals surface area contributed by atoms with Gasteiger partial charge in [-0.15, -0.1) is 0 Å². The number of hydrogen-bond donors (Lipinski definition) is 2. The van der Waals surface area contributed by atoms with E-state index < -0.39 is 20.5 Å². The molecule has 0 saturated heterocycles. The summed E-state index contributed by atoms with van der Waals surface area (Å²) in [5.74, 6) is -0.457. The summed E-state index contributed by atoms with van der Waals surface area (Å²) in [6, 6.07) is 10.3. The van der Waals surface area contributed by atoms with Crippen LogP contribution in [-0.2, 0) is 15.8 Å². The van der Waals surface area contributed by atoms with Gasteiger partial charge in [0.25, 0.3) is 5.91 Å². The molecule has 0 radical (unpaired) electrons. The SMILES string of the molecule is Cc1cc2sc(=NC(=O)c3ccccc3)n(COP(=O)(O)O)c2cn1. The quantitative estimate of drug-likeness (QED) is 0.672. The first-order chi connectivity index (χ1) is 11.8. The van der Waals surface area contributed by atoms with Crippen LogP contribution >= 0.6 is 19.2 Å². The third-order valence-corrected chi connectivity index (χ3v) is 4.77. The van der Waals surface area contributed by atoms with Gasteiger partial charge in [0.1, 0.15) is 6.73 Å². The summed E-state index contributed by atoms with van der Waals surface area (Å²) in [5, 5.41) is 0. The molecule has 0 aliphatic heterocycles. The number of phosphoric acid groups is 1. The van der Waals surface area contributed by atoms with Gasteiger partial charge >= 0.3 is 7.82 Å². The molecule has 8 nitrogen and oxygen atoms in total. The second kappa shape index (κ2) is 6.99. The van der Waals surface area contributed by atoms with Gasteiger partial charge in [0, 0.05) is 11.3 Å². The zero-order valence-corrected chi connectivity index (χ0v) is 14.8. The molecule has 0 aliphatic rings. The Morgan fingerprint density at radius 3 is 2.76 bits per heavy atom. The van der Waals surface area contributed by atoms with Gasteiger partial charge in [0.2, 0.25) is 0 Å². The fourth-order valence-electron chi connectivity index (χ4n) is 2.14. The number of carbonyl (C=O) groups is 1. The number of thiazole rings is 1. The largest absolute Gasteiger partial charge is 0.471 e. The molecule has 0 aliphatic carbocycles. The van der Waals surface area contributed by atoms with Crippen LogP contribution in [0.15, 0.2) is 47.6 Å². The van der Waals surface area contributed by atoms with E-state index in [-0.39, 0.29) is 4.80 Å². The molecule has 2 heterocycles. The number of fused-ring (bicyclic) bond motifs is 1. The Hall–Kier alpha value is -2.16. The standard InChI is InChI=1S/C15H14N3O5PS/c1-10-7-13-12(8-16-10)18(9-23-24(20,21)22)15(25-13)17-14(19)11-5-3-2-4-6-11/h2-8H,9H2,1H3,(H2,20,21,22). The average molecular weight is 379 g/mol. The molecule has 0 bridgehead atoms. The maximum Gasteiger partial charge on any atom is 0.471 e. The van der Waals surface area contributed by atoms with Crippen molar-refractivity contribution in [2.45, 2.75) is 13.7 Å². The van der Waals surface area contributed by atoms with Gasteiger partial charge in [-0.1, -0.05) is 29.5 Å². The smallest absolute Gasteiger partial charge is 0.303 e. The molecule has 1 amide bonds. The molecule has 0 fully saturated rings. The minimum Gasteiger partial charge on any atom is -0.303 e. The van der Waals surface area contributed by atoms with Crippen LogP contribution < -0.4 is 4.80 Å². The van der Waals surface area contributed by atoms with Crippen LogP contribution in [0, 0.1) is 6.92 Å². The molecule has 0 unspecified atom stereocenters. The Labute approximate surface area is 146 Å². The number of amides is 1. The van der Waals surface area contributed by atoms with Crippen molar-refractivity contribution in [3.05, 3.63) is 58.7 Å². The summed E-state index contributed by atoms with van der Waals surface area (Å²) in [4.78, 5) is 38.7. The van der Waals surface area contributed by atoms with Gasteiger partial charge in [0.15, 0.2) is 4.80 Å². The second-order valence-electron chi connectivity index (χ2n) is 5.14. The monoisotopic (exact) mass is 379 g/mol. The maximum atomic E-state index is 12.3. The van der Waals surface area contributed by atoms with E-state index in [0.717, 1.165) is 10.4 Å². The van der Waals surface area contributed by atoms with E-state index in [1.807, 2.05) is 6.92 Å². The van der Waals surface area contributed by atoms with E-state index in [1.165, 1.54) is 15.9 Å². The molecule has 0 atom stereocenters. The lowest BCUT2D eigenvalue weighted by atomic mass is 10.2. The van der Waals surface area contributed by atoms with Crippen molar-refractivity contribution in [2.24, 2.45) is 4.99 Å². The summed E-state index contributed by atoms with van der Waals surface area (Å²) >= 11 is 1.21. The minimum atomic E-state index is -4.67. The van der Waals surface area contributed by atoms with E-state index in [0.29, 0.717) is 11.1 Å². The molecule has 0 saturated carbocycles. The van der Waals surface area contributed by atoms with E-state index in [9.17, 15) is 9.36 Å². The highest BCUT2D eigenvalue weighted by molar-refractivity contribution is 7.46. The van der Waals surface area contributed by atoms with Crippen molar-refractivity contribution in [2.75, 3.05) is 0 Å². The first-order valence-electron chi connectivity index (χ1n) is 7.14. The summed E-state index contributed by atoms with van der Waals surface area (Å²) in [6.45, 7) is 1.37. The Morgan fingerprint density at radius 1 is 1.36 bits per heavy atom. The molecule has 130 valence electrons. The van der Waals surface area contributed by atoms with Crippen molar-refractivity contribution < 1.29 is 23.7 Å². The van der Waals surface area contributed by atoms with Crippen molar-refractivity contribution in [1.29, 1.82) is 0 Å². The Morgan fingerprint density at radius 2 is 2.08 bits per heavy atom. The van der Waals surface area contributed by atoms with Crippen LogP contribution in [0.25, 0.3) is 10.2 Å². The van der Waals surface area contributed by atoms with Gasteiger partial charge in [0.05, 0.1) is 16.4 Å². The zero-order chi connectivity index (χ0) is 18.0. The molecule has 2 aromatic heterocycles. The summed E-state index contributed by atoms with van der Waals surface area (Å²) in [5.41, 5.74) is 1.76. The van der Waals surface area contributed by atoms with Crippen LogP contribution in [0.3, 0.4) is 0 Å². The number of phosphoric ester groups is 1. The number of benzene rings is 1. The molecule has 3 rings (SSSR count). The first-order valence-corrected chi connectivity index (χ1v) is 9.48. The fraction of sp³-hybridized carbons (Fsp3) is 0.133. The van der Waals surface area contributed by atoms with Gasteiger partial charge < -0.3 is 9.79 Å². The van der Waals surface area contributed by atoms with E-state index in [4.69, 9.17) is 9.79 Å². The second-order valence-corrected chi connectivity index (χ2v) is 7.39. The normalized spacial score (nSPS) is 12.7. The number of aryl methyl sites for hydroxylation is 1. The van der Waals surface area contributed by atoms with E-state index >= 15 is 0 Å². The lowest BCUT2D eigenvalue weighted by molar-refractivity contribution is 0.0997. The third kappa shape index (κ3) is 4.28. The molecular formula is C15H14N3O5PS. The maximum absolute atomic E-state index is 12.3. The van der Waals surface area contributed by atoms with Crippen molar-refractivity contribution in [3.63, 3.8) is 0 Å². The van der Waals surface area contributed by atoms with E-state index in [2.05, 4.69) is 14.5 Å². The molecular weight excluding hydrogens is 365 g/mol. The first kappa shape index (κ1) is 17.7. The average Bonchev–Trinajstić information content (AvgIpc) is 2.89. The van der Waals surface area contributed by atoms with Crippen molar-refractivity contribution >= 4 is 35.3 Å². The van der Waals surface area contributed by atoms with Crippen LogP contribution in [0.1, 0.15) is 16.1 Å². The number of nitrogens with zero attached hydrogens (tertiary/aromatic N) is 3. The number of aromatic nitrogens is 2. The Bertz CT molecular complexity index is 1040. The van der Waals surface area contributed by atoms with Crippen molar-refractivity contribution in [3.8, 4) is 0 Å². The summed E-state index contributed by atoms with van der Waals surface area (Å²) < 4.78 is 17.8. The molecule has 3 aromatic rings. The number of pyridine rings is 1. The Balaban J connectivity index is 2.11. The predicted octanol–water partition coefficient (Wildman–Crippen LogP) is 2.21. The highest BCUT2D eigenvalue weighted by atomic mass is 32.1. The predicted molar refractivity (Wildman–Crippen MR) is 91.8 cm³/mol. The van der Waals surface area contributed by atoms with Gasteiger partial charge in [-0.05, 0) is 25.1 Å². The fourth-order valence-corrected chi connectivity index (χ4v) is 3.49. The van der Waals surface area contributed by atoms with Gasteiger partial charge in [-0.3, -0.25) is 18.9 Å². The summed E-state index contributed by atoms with van der Waals surface area (Å²) in [7, 11) is -4.67. The highest BCUT2D eigenvalue weighted by Gasteiger charge is 2.16. The molecule has 2 N–H and O–H groups in total. The number of rotatable bonds is 4. The lowest BCUT2D eigenvalue weighted by Crippen LogP contribution is -2.18. The zero-order valence-electron chi connectivity index (χ0n) is 13.1. The van der Waals surface area contributed by atoms with Crippen LogP contribution in [0.4, 0.5) is 0 Å². The third-order valence-electron chi connectivity index (χ3n) is 3.28.